The largest absolute Gasteiger partial charge is 0.481 e. The fourth-order valence-corrected chi connectivity index (χ4v) is 1.16. The van der Waals surface area contributed by atoms with E-state index in [4.69, 9.17) is 9.84 Å². The number of benzene rings is 1. The van der Waals surface area contributed by atoms with E-state index in [9.17, 15) is 14.0 Å². The number of carbonyl (C=O) groups excluding carboxylic acids is 1. The van der Waals surface area contributed by atoms with Crippen LogP contribution in [0.15, 0.2) is 24.3 Å². The summed E-state index contributed by atoms with van der Waals surface area (Å²) in [6.07, 6.45) is -0.864. The molecule has 2 N–H and O–H groups in total. The van der Waals surface area contributed by atoms with Crippen LogP contribution in [-0.4, -0.2) is 29.1 Å². The number of amides is 1. The van der Waals surface area contributed by atoms with Gasteiger partial charge in [0.2, 0.25) is 0 Å². The minimum atomic E-state index is -1.13. The molecule has 5 nitrogen and oxygen atoms in total. The molecule has 0 radical (unpaired) electrons. The van der Waals surface area contributed by atoms with Crippen molar-refractivity contribution in [1.82, 2.24) is 5.32 Å². The summed E-state index contributed by atoms with van der Waals surface area (Å²) >= 11 is 0. The third-order valence-corrected chi connectivity index (χ3v) is 2.22. The lowest BCUT2D eigenvalue weighted by Gasteiger charge is -2.16. The number of hydrogen-bond acceptors (Lipinski definition) is 3. The molecule has 0 saturated carbocycles. The first-order chi connectivity index (χ1) is 8.40. The highest BCUT2D eigenvalue weighted by Gasteiger charge is 2.20. The van der Waals surface area contributed by atoms with Gasteiger partial charge in [0, 0.05) is 0 Å². The Morgan fingerprint density at radius 1 is 1.28 bits per heavy atom. The number of aliphatic carboxylic acids is 1. The maximum absolute atomic E-state index is 12.6. The molecule has 0 spiro atoms. The molecular weight excluding hydrogens is 241 g/mol. The third kappa shape index (κ3) is 4.04. The lowest BCUT2D eigenvalue weighted by molar-refractivity contribution is -0.142. The second kappa shape index (κ2) is 6.00. The van der Waals surface area contributed by atoms with Gasteiger partial charge in [0.05, 0.1) is 0 Å². The molecule has 1 aromatic carbocycles. The van der Waals surface area contributed by atoms with Crippen molar-refractivity contribution < 1.29 is 23.8 Å². The zero-order valence-corrected chi connectivity index (χ0v) is 10.0. The number of carboxylic acid groups (broad SMARTS) is 1. The van der Waals surface area contributed by atoms with Crippen molar-refractivity contribution in [3.63, 3.8) is 0 Å². The SMILES string of the molecule is CC(Oc1ccc(F)cc1)C(=O)N[C@H](C)C(=O)O. The lowest BCUT2D eigenvalue weighted by Crippen LogP contribution is -2.44. The first-order valence-electron chi connectivity index (χ1n) is 5.35. The van der Waals surface area contributed by atoms with E-state index in [-0.39, 0.29) is 0 Å². The average molecular weight is 255 g/mol. The molecule has 0 fully saturated rings. The normalized spacial score (nSPS) is 13.5. The molecule has 18 heavy (non-hydrogen) atoms. The van der Waals surface area contributed by atoms with Crippen molar-refractivity contribution in [2.45, 2.75) is 26.0 Å². The number of ether oxygens (including phenoxy) is 1. The molecule has 1 aromatic rings. The minimum absolute atomic E-state index is 0.335. The highest BCUT2D eigenvalue weighted by molar-refractivity contribution is 5.86. The van der Waals surface area contributed by atoms with E-state index in [1.54, 1.807) is 0 Å². The van der Waals surface area contributed by atoms with Gasteiger partial charge in [0.25, 0.3) is 5.91 Å². The summed E-state index contributed by atoms with van der Waals surface area (Å²) in [5.41, 5.74) is 0. The maximum Gasteiger partial charge on any atom is 0.325 e. The summed E-state index contributed by atoms with van der Waals surface area (Å²) in [4.78, 5) is 22.1. The average Bonchev–Trinajstić information content (AvgIpc) is 2.31. The molecule has 1 unspecified atom stereocenters. The van der Waals surface area contributed by atoms with Crippen LogP contribution in [0.25, 0.3) is 0 Å². The van der Waals surface area contributed by atoms with Gasteiger partial charge >= 0.3 is 5.97 Å². The van der Waals surface area contributed by atoms with Crippen molar-refractivity contribution in [2.24, 2.45) is 0 Å². The number of rotatable bonds is 5. The summed E-state index contributed by atoms with van der Waals surface area (Å²) in [7, 11) is 0. The molecule has 0 saturated heterocycles. The Labute approximate surface area is 104 Å². The van der Waals surface area contributed by atoms with Crippen LogP contribution < -0.4 is 10.1 Å². The summed E-state index contributed by atoms with van der Waals surface area (Å²) in [5, 5.41) is 10.9. The molecule has 0 heterocycles. The van der Waals surface area contributed by atoms with E-state index in [1.165, 1.54) is 38.1 Å². The van der Waals surface area contributed by atoms with E-state index in [1.807, 2.05) is 0 Å². The Balaban J connectivity index is 2.54. The summed E-state index contributed by atoms with van der Waals surface area (Å²) in [5.74, 6) is -1.74. The maximum atomic E-state index is 12.6. The lowest BCUT2D eigenvalue weighted by atomic mass is 10.3. The Kier molecular flexibility index (Phi) is 4.65. The second-order valence-electron chi connectivity index (χ2n) is 3.78. The van der Waals surface area contributed by atoms with Crippen LogP contribution in [0.3, 0.4) is 0 Å². The van der Waals surface area contributed by atoms with Gasteiger partial charge in [-0.1, -0.05) is 0 Å². The Bertz CT molecular complexity index is 432. The summed E-state index contributed by atoms with van der Waals surface area (Å²) < 4.78 is 17.9. The van der Waals surface area contributed by atoms with Crippen molar-refractivity contribution in [3.8, 4) is 5.75 Å². The molecule has 2 atom stereocenters. The first kappa shape index (κ1) is 14.0. The molecule has 1 rings (SSSR count). The molecule has 0 aliphatic carbocycles. The van der Waals surface area contributed by atoms with Crippen LogP contribution in [0.4, 0.5) is 4.39 Å². The standard InChI is InChI=1S/C12H14FNO4/c1-7(12(16)17)14-11(15)8(2)18-10-5-3-9(13)4-6-10/h3-8H,1-2H3,(H,14,15)(H,16,17)/t7-,8?/m1/s1. The number of carboxylic acids is 1. The minimum Gasteiger partial charge on any atom is -0.481 e. The van der Waals surface area contributed by atoms with Crippen molar-refractivity contribution in [2.75, 3.05) is 0 Å². The topological polar surface area (TPSA) is 75.6 Å². The van der Waals surface area contributed by atoms with Crippen LogP contribution in [0.1, 0.15) is 13.8 Å². The van der Waals surface area contributed by atoms with Crippen molar-refractivity contribution >= 4 is 11.9 Å². The van der Waals surface area contributed by atoms with Gasteiger partial charge in [-0.15, -0.1) is 0 Å². The molecule has 0 aliphatic heterocycles. The van der Waals surface area contributed by atoms with Crippen molar-refractivity contribution in [3.05, 3.63) is 30.1 Å². The smallest absolute Gasteiger partial charge is 0.325 e. The second-order valence-corrected chi connectivity index (χ2v) is 3.78. The van der Waals surface area contributed by atoms with Crippen LogP contribution >= 0.6 is 0 Å². The number of hydrogen-bond donors (Lipinski definition) is 2. The van der Waals surface area contributed by atoms with Crippen LogP contribution in [0.5, 0.6) is 5.75 Å². The highest BCUT2D eigenvalue weighted by Crippen LogP contribution is 2.13. The van der Waals surface area contributed by atoms with Gasteiger partial charge < -0.3 is 15.2 Å². The Morgan fingerprint density at radius 2 is 1.83 bits per heavy atom. The predicted molar refractivity (Wildman–Crippen MR) is 61.7 cm³/mol. The van der Waals surface area contributed by atoms with Gasteiger partial charge in [0.1, 0.15) is 17.6 Å². The molecule has 0 aliphatic rings. The quantitative estimate of drug-likeness (QED) is 0.828. The summed E-state index contributed by atoms with van der Waals surface area (Å²) in [6, 6.07) is 4.20. The summed E-state index contributed by atoms with van der Waals surface area (Å²) in [6.45, 7) is 2.83. The monoisotopic (exact) mass is 255 g/mol. The van der Waals surface area contributed by atoms with E-state index >= 15 is 0 Å². The molecule has 0 bridgehead atoms. The molecule has 6 heteroatoms. The molecule has 0 aromatic heterocycles. The van der Waals surface area contributed by atoms with Crippen molar-refractivity contribution in [1.29, 1.82) is 0 Å². The zero-order chi connectivity index (χ0) is 13.7. The third-order valence-electron chi connectivity index (χ3n) is 2.22. The van der Waals surface area contributed by atoms with E-state index in [0.29, 0.717) is 5.75 Å². The van der Waals surface area contributed by atoms with Crippen LogP contribution in [-0.2, 0) is 9.59 Å². The Morgan fingerprint density at radius 3 is 2.33 bits per heavy atom. The molecule has 98 valence electrons. The van der Waals surface area contributed by atoms with Gasteiger partial charge in [0.15, 0.2) is 6.10 Å². The molecular formula is C12H14FNO4. The van der Waals surface area contributed by atoms with E-state index in [2.05, 4.69) is 5.32 Å². The van der Waals surface area contributed by atoms with Gasteiger partial charge in [-0.2, -0.15) is 0 Å². The van der Waals surface area contributed by atoms with Gasteiger partial charge in [-0.3, -0.25) is 9.59 Å². The van der Waals surface area contributed by atoms with E-state index < -0.39 is 29.8 Å². The van der Waals surface area contributed by atoms with Gasteiger partial charge in [-0.05, 0) is 38.1 Å². The number of nitrogens with one attached hydrogen (secondary N) is 1. The number of halogens is 1. The Hall–Kier alpha value is -2.11. The van der Waals surface area contributed by atoms with Crippen LogP contribution in [0, 0.1) is 5.82 Å². The predicted octanol–water partition coefficient (Wildman–Crippen LogP) is 1.18. The zero-order valence-electron chi connectivity index (χ0n) is 10.0. The number of carbonyl (C=O) groups is 2. The fraction of sp³-hybridized carbons (Fsp3) is 0.333. The first-order valence-corrected chi connectivity index (χ1v) is 5.35. The fourth-order valence-electron chi connectivity index (χ4n) is 1.16. The van der Waals surface area contributed by atoms with Gasteiger partial charge in [-0.25, -0.2) is 4.39 Å². The van der Waals surface area contributed by atoms with Crippen LogP contribution in [0.2, 0.25) is 0 Å². The van der Waals surface area contributed by atoms with E-state index in [0.717, 1.165) is 0 Å². The molecule has 1 amide bonds. The highest BCUT2D eigenvalue weighted by atomic mass is 19.1.